The van der Waals surface area contributed by atoms with Gasteiger partial charge in [-0.2, -0.15) is 0 Å². The van der Waals surface area contributed by atoms with Crippen molar-refractivity contribution < 1.29 is 27.5 Å². The monoisotopic (exact) mass is 697 g/mol. The van der Waals surface area contributed by atoms with E-state index in [1.165, 1.54) is 51.7 Å². The van der Waals surface area contributed by atoms with E-state index in [1.807, 2.05) is 72.2 Å². The molecule has 0 spiro atoms. The van der Waals surface area contributed by atoms with Crippen LogP contribution in [-0.4, -0.2) is 118 Å². The number of aryl methyl sites for hydroxylation is 1. The molecular weight excluding hydrogens is 616 g/mol. The number of rotatable bonds is 0. The smallest absolute Gasteiger partial charge is 0.302 e. The van der Waals surface area contributed by atoms with Gasteiger partial charge in [-0.25, -0.2) is 8.42 Å². The third kappa shape index (κ3) is 415. The fraction of sp³-hybridized carbons (Fsp3) is 0.722. The number of hydrogen-bond donors (Lipinski definition) is 1. The van der Waals surface area contributed by atoms with E-state index in [0.717, 1.165) is 18.2 Å². The van der Waals surface area contributed by atoms with E-state index in [0.29, 0.717) is 5.41 Å². The highest BCUT2D eigenvalue weighted by Crippen LogP contribution is 2.08. The van der Waals surface area contributed by atoms with Crippen LogP contribution in [0.1, 0.15) is 95.1 Å². The molecule has 1 amide bonds. The highest BCUT2D eigenvalue weighted by Gasteiger charge is 1.95. The molecule has 0 saturated carbocycles. The summed E-state index contributed by atoms with van der Waals surface area (Å²) in [7, 11) is 13.7. The minimum absolute atomic E-state index is 0.0926. The van der Waals surface area contributed by atoms with Gasteiger partial charge in [0.1, 0.15) is 15.6 Å². The maximum absolute atomic E-state index is 10.1. The molecule has 1 N–H and O–H groups in total. The first kappa shape index (κ1) is 66.7. The summed E-state index contributed by atoms with van der Waals surface area (Å²) in [5.41, 5.74) is 2.95. The quantitative estimate of drug-likeness (QED) is 0.225. The zero-order valence-corrected chi connectivity index (χ0v) is 36.1. The number of benzene rings is 1. The molecule has 10 nitrogen and oxygen atoms in total. The lowest BCUT2D eigenvalue weighted by molar-refractivity contribution is -0.138. The van der Waals surface area contributed by atoms with Crippen LogP contribution in [0.25, 0.3) is 0 Å². The van der Waals surface area contributed by atoms with E-state index >= 15 is 0 Å². The first-order valence-electron chi connectivity index (χ1n) is 15.3. The van der Waals surface area contributed by atoms with Gasteiger partial charge in [0.15, 0.2) is 0 Å². The Bertz CT molecular complexity index is 869. The second-order valence-electron chi connectivity index (χ2n) is 12.5. The van der Waals surface area contributed by atoms with E-state index < -0.39 is 9.84 Å². The van der Waals surface area contributed by atoms with Crippen molar-refractivity contribution in [3.8, 4) is 0 Å². The summed E-state index contributed by atoms with van der Waals surface area (Å²) in [6.07, 6.45) is 3.57. The fourth-order valence-corrected chi connectivity index (χ4v) is 0.534. The lowest BCUT2D eigenvalue weighted by Gasteiger charge is -2.05. The number of Topliss-reactive ketones (excluding diaryl/α,β-unsaturated/α-hetero) is 1. The van der Waals surface area contributed by atoms with Gasteiger partial charge in [-0.05, 0) is 75.3 Å². The van der Waals surface area contributed by atoms with Gasteiger partial charge in [0.2, 0.25) is 5.91 Å². The Morgan fingerprint density at radius 3 is 1.00 bits per heavy atom. The van der Waals surface area contributed by atoms with E-state index in [9.17, 15) is 22.8 Å². The summed E-state index contributed by atoms with van der Waals surface area (Å²) in [4.78, 5) is 36.4. The van der Waals surface area contributed by atoms with Crippen molar-refractivity contribution in [1.29, 1.82) is 0 Å². The van der Waals surface area contributed by atoms with Gasteiger partial charge in [0.25, 0.3) is 0 Å². The number of nitrogens with one attached hydrogen (secondary N) is 1. The normalized spacial score (nSPS) is 8.36. The molecule has 0 fully saturated rings. The van der Waals surface area contributed by atoms with Crippen molar-refractivity contribution in [2.24, 2.45) is 10.4 Å². The second-order valence-corrected chi connectivity index (χ2v) is 14.8. The number of carbonyl (C=O) groups excluding carboxylic acids is 3. The van der Waals surface area contributed by atoms with Gasteiger partial charge in [0, 0.05) is 53.2 Å². The number of aliphatic imine (C=N–C) groups is 1. The van der Waals surface area contributed by atoms with Gasteiger partial charge in [-0.15, -0.1) is 0 Å². The first-order chi connectivity index (χ1) is 20.9. The zero-order valence-electron chi connectivity index (χ0n) is 35.3. The predicted molar refractivity (Wildman–Crippen MR) is 211 cm³/mol. The minimum atomic E-state index is -2.67. The number of esters is 1. The summed E-state index contributed by atoms with van der Waals surface area (Å²) in [5, 5.41) is 2.75. The number of carbonyl (C=O) groups is 3. The lowest BCUT2D eigenvalue weighted by Crippen LogP contribution is -2.17. The van der Waals surface area contributed by atoms with Crippen LogP contribution in [0.5, 0.6) is 0 Å². The topological polar surface area (TPSA) is 125 Å². The standard InChI is InChI=1S/C7H8.C5H12.C4H9NO.C4H9N.C3H9N.C3H6O2.C3H6O.C3H8.C2H7N.C2H6O2S/c1-7-5-3-2-4-6-7;1-5(2,3)4;1-4(6)5(2)3;1-4(2)5-3;1-4(2)3;1-3(4)5-2;1-3(2)4;2*1-3-2;1-5(2,3)4/h2-6H,1H3;1-4H3;1-3H3;1-3H3;1-3H3;1-2H3;1-2H3;3H2,1-2H3;3H,1-2H3;1-2H3. The molecule has 1 aromatic carbocycles. The summed E-state index contributed by atoms with van der Waals surface area (Å²) in [6, 6.07) is 10.3. The number of methoxy groups -OCH3 is 1. The number of ketones is 1. The highest BCUT2D eigenvalue weighted by molar-refractivity contribution is 7.89. The van der Waals surface area contributed by atoms with Gasteiger partial charge in [-0.1, -0.05) is 83.9 Å². The van der Waals surface area contributed by atoms with Crippen molar-refractivity contribution >= 4 is 33.2 Å². The molecule has 0 aliphatic heterocycles. The van der Waals surface area contributed by atoms with Gasteiger partial charge < -0.3 is 24.6 Å². The molecular formula is C36H80N4O6S. The third-order valence-corrected chi connectivity index (χ3v) is 2.30. The van der Waals surface area contributed by atoms with Gasteiger partial charge >= 0.3 is 5.97 Å². The molecule has 47 heavy (non-hydrogen) atoms. The zero-order chi connectivity index (χ0) is 40.4. The highest BCUT2D eigenvalue weighted by atomic mass is 32.2. The van der Waals surface area contributed by atoms with E-state index in [2.05, 4.69) is 75.6 Å². The molecule has 0 aliphatic carbocycles. The molecule has 0 atom stereocenters. The molecule has 0 unspecified atom stereocenters. The Labute approximate surface area is 294 Å². The molecule has 286 valence electrons. The van der Waals surface area contributed by atoms with Gasteiger partial charge in [0.05, 0.1) is 7.11 Å². The van der Waals surface area contributed by atoms with Crippen LogP contribution in [0.2, 0.25) is 0 Å². The van der Waals surface area contributed by atoms with Crippen LogP contribution in [-0.2, 0) is 29.0 Å². The van der Waals surface area contributed by atoms with Crippen LogP contribution in [0.15, 0.2) is 35.3 Å². The Hall–Kier alpha value is -2.63. The van der Waals surface area contributed by atoms with Crippen molar-refractivity contribution in [2.45, 2.75) is 96.4 Å². The lowest BCUT2D eigenvalue weighted by atomic mass is 10.0. The van der Waals surface area contributed by atoms with Crippen LogP contribution in [0.3, 0.4) is 0 Å². The van der Waals surface area contributed by atoms with Crippen LogP contribution in [0, 0.1) is 12.3 Å². The van der Waals surface area contributed by atoms with Crippen molar-refractivity contribution in [2.75, 3.05) is 76.0 Å². The summed E-state index contributed by atoms with van der Waals surface area (Å²) < 4.78 is 23.4. The SMILES string of the molecule is CC(=O)N(C)C.CC(C)(C)C.CC(C)=O.CCC.CN(C)C.CN=C(C)C.CNC.COC(C)=O.CS(C)(=O)=O.Cc1ccccc1. The van der Waals surface area contributed by atoms with Gasteiger partial charge in [-0.3, -0.25) is 14.6 Å². The van der Waals surface area contributed by atoms with E-state index in [4.69, 9.17) is 0 Å². The van der Waals surface area contributed by atoms with E-state index in [1.54, 1.807) is 21.1 Å². The third-order valence-electron chi connectivity index (χ3n) is 2.30. The van der Waals surface area contributed by atoms with Crippen molar-refractivity contribution in [3.63, 3.8) is 0 Å². The second kappa shape index (κ2) is 50.2. The number of ether oxygens (including phenoxy) is 1. The van der Waals surface area contributed by atoms with E-state index in [-0.39, 0.29) is 17.7 Å². The maximum Gasteiger partial charge on any atom is 0.302 e. The first-order valence-corrected chi connectivity index (χ1v) is 17.6. The minimum Gasteiger partial charge on any atom is -0.469 e. The average Bonchev–Trinajstić information content (AvgIpc) is 2.84. The number of sulfone groups is 1. The molecule has 11 heteroatoms. The molecule has 0 radical (unpaired) electrons. The molecule has 0 aromatic heterocycles. The summed E-state index contributed by atoms with van der Waals surface area (Å²) >= 11 is 0. The molecule has 0 saturated heterocycles. The molecule has 0 heterocycles. The van der Waals surface area contributed by atoms with Crippen molar-refractivity contribution in [1.82, 2.24) is 15.1 Å². The van der Waals surface area contributed by atoms with Crippen molar-refractivity contribution in [3.05, 3.63) is 35.9 Å². The molecule has 0 aliphatic rings. The largest absolute Gasteiger partial charge is 0.469 e. The number of amides is 1. The van der Waals surface area contributed by atoms with Crippen LogP contribution < -0.4 is 5.32 Å². The molecule has 1 rings (SSSR count). The maximum atomic E-state index is 10.1. The summed E-state index contributed by atoms with van der Waals surface area (Å²) in [5.74, 6) is 0.0139. The number of nitrogens with zero attached hydrogens (tertiary/aromatic N) is 3. The average molecular weight is 697 g/mol. The van der Waals surface area contributed by atoms with Crippen LogP contribution in [0.4, 0.5) is 0 Å². The Balaban J connectivity index is -0.0000000493. The fourth-order valence-electron chi connectivity index (χ4n) is 0.534. The Morgan fingerprint density at radius 2 is 0.957 bits per heavy atom. The molecule has 0 bridgehead atoms. The Kier molecular flexibility index (Phi) is 71.3. The van der Waals surface area contributed by atoms with Crippen LogP contribution >= 0.6 is 0 Å². The summed E-state index contributed by atoms with van der Waals surface area (Å²) in [6.45, 7) is 25.0. The number of hydrogen-bond acceptors (Lipinski definition) is 9. The Morgan fingerprint density at radius 1 is 0.809 bits per heavy atom. The molecule has 1 aromatic rings. The predicted octanol–water partition coefficient (Wildman–Crippen LogP) is 7.10.